The number of carbonyl (C=O) groups excluding carboxylic acids is 1. The SMILES string of the molecule is CC1SC(=S)N(N)C1=O. The van der Waals surface area contributed by atoms with Gasteiger partial charge in [0.1, 0.15) is 0 Å². The van der Waals surface area contributed by atoms with Crippen LogP contribution in [0.4, 0.5) is 0 Å². The highest BCUT2D eigenvalue weighted by molar-refractivity contribution is 8.24. The van der Waals surface area contributed by atoms with Crippen molar-refractivity contribution in [2.24, 2.45) is 5.84 Å². The van der Waals surface area contributed by atoms with Crippen LogP contribution in [-0.2, 0) is 4.79 Å². The first-order valence-corrected chi connectivity index (χ1v) is 3.71. The van der Waals surface area contributed by atoms with Crippen molar-refractivity contribution in [1.82, 2.24) is 5.01 Å². The first kappa shape index (κ1) is 6.98. The monoisotopic (exact) mass is 162 g/mol. The summed E-state index contributed by atoms with van der Waals surface area (Å²) in [4.78, 5) is 10.8. The predicted molar refractivity (Wildman–Crippen MR) is 40.7 cm³/mol. The van der Waals surface area contributed by atoms with Gasteiger partial charge in [-0.05, 0) is 6.92 Å². The number of nitrogens with two attached hydrogens (primary N) is 1. The van der Waals surface area contributed by atoms with E-state index in [1.54, 1.807) is 6.92 Å². The quantitative estimate of drug-likeness (QED) is 0.312. The number of thiocarbonyl (C=S) groups is 1. The van der Waals surface area contributed by atoms with Gasteiger partial charge in [-0.25, -0.2) is 10.9 Å². The minimum atomic E-state index is -0.106. The second-order valence-corrected chi connectivity index (χ2v) is 3.71. The number of rotatable bonds is 0. The van der Waals surface area contributed by atoms with Crippen LogP contribution < -0.4 is 5.84 Å². The van der Waals surface area contributed by atoms with Crippen molar-refractivity contribution in [2.75, 3.05) is 0 Å². The lowest BCUT2D eigenvalue weighted by molar-refractivity contribution is -0.125. The number of carbonyl (C=O) groups is 1. The Morgan fingerprint density at radius 3 is 2.56 bits per heavy atom. The maximum atomic E-state index is 10.8. The largest absolute Gasteiger partial charge is 0.272 e. The van der Waals surface area contributed by atoms with Crippen LogP contribution in [0, 0.1) is 0 Å². The average molecular weight is 162 g/mol. The van der Waals surface area contributed by atoms with E-state index < -0.39 is 0 Å². The molecule has 0 aromatic rings. The van der Waals surface area contributed by atoms with Crippen LogP contribution in [0.3, 0.4) is 0 Å². The molecule has 0 bridgehead atoms. The Morgan fingerprint density at radius 2 is 2.44 bits per heavy atom. The molecule has 1 aliphatic heterocycles. The fraction of sp³-hybridized carbons (Fsp3) is 0.500. The molecule has 0 aromatic heterocycles. The molecule has 2 N–H and O–H groups in total. The second kappa shape index (κ2) is 2.24. The Labute approximate surface area is 62.5 Å². The fourth-order valence-electron chi connectivity index (χ4n) is 0.544. The Balaban J connectivity index is 2.77. The third-order valence-electron chi connectivity index (χ3n) is 1.06. The summed E-state index contributed by atoms with van der Waals surface area (Å²) in [5.41, 5.74) is 0. The number of nitrogens with zero attached hydrogens (tertiary/aromatic N) is 1. The minimum absolute atomic E-state index is 0.0949. The first-order chi connectivity index (χ1) is 4.13. The predicted octanol–water partition coefficient (Wildman–Crippen LogP) is 0.109. The number of thioether (sulfide) groups is 1. The maximum Gasteiger partial charge on any atom is 0.255 e. The Bertz CT molecular complexity index is 170. The standard InChI is InChI=1S/C4H6N2OS2/c1-2-3(7)6(5)4(8)9-2/h2H,5H2,1H3. The van der Waals surface area contributed by atoms with Gasteiger partial charge in [0.25, 0.3) is 5.91 Å². The minimum Gasteiger partial charge on any atom is -0.272 e. The summed E-state index contributed by atoms with van der Waals surface area (Å²) in [6, 6.07) is 0. The lowest BCUT2D eigenvalue weighted by atomic mass is 10.4. The highest BCUT2D eigenvalue weighted by atomic mass is 32.2. The van der Waals surface area contributed by atoms with Crippen LogP contribution in [0.1, 0.15) is 6.92 Å². The van der Waals surface area contributed by atoms with E-state index in [-0.39, 0.29) is 11.2 Å². The van der Waals surface area contributed by atoms with Crippen molar-refractivity contribution in [3.63, 3.8) is 0 Å². The van der Waals surface area contributed by atoms with Gasteiger partial charge in [0.15, 0.2) is 4.32 Å². The molecule has 1 saturated heterocycles. The third-order valence-corrected chi connectivity index (χ3v) is 2.50. The molecule has 0 aromatic carbocycles. The molecule has 1 aliphatic rings. The van der Waals surface area contributed by atoms with E-state index in [2.05, 4.69) is 0 Å². The van der Waals surface area contributed by atoms with Crippen molar-refractivity contribution in [1.29, 1.82) is 0 Å². The van der Waals surface area contributed by atoms with E-state index in [0.29, 0.717) is 4.32 Å². The van der Waals surface area contributed by atoms with E-state index >= 15 is 0 Å². The molecule has 50 valence electrons. The van der Waals surface area contributed by atoms with Crippen LogP contribution in [0.15, 0.2) is 0 Å². The molecular formula is C4H6N2OS2. The molecule has 0 spiro atoms. The van der Waals surface area contributed by atoms with Crippen LogP contribution in [0.5, 0.6) is 0 Å². The van der Waals surface area contributed by atoms with Crippen molar-refractivity contribution in [3.05, 3.63) is 0 Å². The van der Waals surface area contributed by atoms with E-state index in [9.17, 15) is 4.79 Å². The molecule has 0 aliphatic carbocycles. The van der Waals surface area contributed by atoms with Gasteiger partial charge >= 0.3 is 0 Å². The van der Waals surface area contributed by atoms with Crippen LogP contribution in [0.2, 0.25) is 0 Å². The van der Waals surface area contributed by atoms with Crippen molar-refractivity contribution in [3.8, 4) is 0 Å². The average Bonchev–Trinajstić information content (AvgIpc) is 1.98. The summed E-state index contributed by atoms with van der Waals surface area (Å²) in [5, 5.41) is 0.924. The fourth-order valence-corrected chi connectivity index (χ4v) is 1.79. The molecule has 3 nitrogen and oxygen atoms in total. The van der Waals surface area contributed by atoms with Gasteiger partial charge in [0.2, 0.25) is 0 Å². The molecule has 1 amide bonds. The van der Waals surface area contributed by atoms with Gasteiger partial charge in [-0.15, -0.1) is 0 Å². The number of amides is 1. The van der Waals surface area contributed by atoms with E-state index in [1.807, 2.05) is 0 Å². The third kappa shape index (κ3) is 1.08. The van der Waals surface area contributed by atoms with E-state index in [4.69, 9.17) is 18.1 Å². The van der Waals surface area contributed by atoms with Crippen molar-refractivity contribution in [2.45, 2.75) is 12.2 Å². The van der Waals surface area contributed by atoms with Crippen LogP contribution >= 0.6 is 24.0 Å². The zero-order chi connectivity index (χ0) is 7.02. The zero-order valence-electron chi connectivity index (χ0n) is 4.83. The van der Waals surface area contributed by atoms with Crippen molar-refractivity contribution < 1.29 is 4.79 Å². The first-order valence-electron chi connectivity index (χ1n) is 2.42. The summed E-state index contributed by atoms with van der Waals surface area (Å²) in [7, 11) is 0. The zero-order valence-corrected chi connectivity index (χ0v) is 6.46. The van der Waals surface area contributed by atoms with Gasteiger partial charge in [0, 0.05) is 0 Å². The summed E-state index contributed by atoms with van der Waals surface area (Å²) >= 11 is 6.06. The Morgan fingerprint density at radius 1 is 1.89 bits per heavy atom. The molecule has 9 heavy (non-hydrogen) atoms. The molecule has 1 unspecified atom stereocenters. The molecule has 0 radical (unpaired) electrons. The lowest BCUT2D eigenvalue weighted by Crippen LogP contribution is -2.36. The van der Waals surface area contributed by atoms with Gasteiger partial charge in [-0.3, -0.25) is 4.79 Å². The highest BCUT2D eigenvalue weighted by Gasteiger charge is 2.31. The van der Waals surface area contributed by atoms with Gasteiger partial charge in [-0.1, -0.05) is 24.0 Å². The summed E-state index contributed by atoms with van der Waals surface area (Å²) in [6.45, 7) is 1.78. The van der Waals surface area contributed by atoms with Crippen molar-refractivity contribution >= 4 is 34.2 Å². The maximum absolute atomic E-state index is 10.8. The van der Waals surface area contributed by atoms with Gasteiger partial charge in [-0.2, -0.15) is 0 Å². The van der Waals surface area contributed by atoms with Crippen LogP contribution in [0.25, 0.3) is 0 Å². The molecule has 1 atom stereocenters. The highest BCUT2D eigenvalue weighted by Crippen LogP contribution is 2.23. The molecular weight excluding hydrogens is 156 g/mol. The second-order valence-electron chi connectivity index (χ2n) is 1.73. The van der Waals surface area contributed by atoms with Crippen LogP contribution in [-0.4, -0.2) is 20.5 Å². The normalized spacial score (nSPS) is 27.8. The van der Waals surface area contributed by atoms with E-state index in [1.165, 1.54) is 11.8 Å². The molecule has 5 heteroatoms. The Hall–Kier alpha value is -0.130. The summed E-state index contributed by atoms with van der Waals surface area (Å²) in [6.07, 6.45) is 0. The Kier molecular flexibility index (Phi) is 1.74. The smallest absolute Gasteiger partial charge is 0.255 e. The molecule has 1 fully saturated rings. The van der Waals surface area contributed by atoms with Gasteiger partial charge in [0.05, 0.1) is 5.25 Å². The summed E-state index contributed by atoms with van der Waals surface area (Å²) in [5.74, 6) is 5.13. The topological polar surface area (TPSA) is 46.3 Å². The number of hydrazine groups is 1. The molecule has 0 saturated carbocycles. The molecule has 1 rings (SSSR count). The van der Waals surface area contributed by atoms with Gasteiger partial charge < -0.3 is 0 Å². The molecule has 1 heterocycles. The lowest BCUT2D eigenvalue weighted by Gasteiger charge is -2.03. The number of hydrogen-bond acceptors (Lipinski definition) is 4. The van der Waals surface area contributed by atoms with E-state index in [0.717, 1.165) is 5.01 Å². The summed E-state index contributed by atoms with van der Waals surface area (Å²) < 4.78 is 0.465. The number of hydrogen-bond donors (Lipinski definition) is 1.